The first-order valence-electron chi connectivity index (χ1n) is 10.4. The number of carbonyl (C=O) groups is 2. The number of rotatable bonds is 6. The molecule has 0 saturated carbocycles. The van der Waals surface area contributed by atoms with Gasteiger partial charge < -0.3 is 20.2 Å². The molecule has 2 amide bonds. The predicted molar refractivity (Wildman–Crippen MR) is 134 cm³/mol. The Hall–Kier alpha value is -3.62. The molecule has 174 valence electrons. The van der Waals surface area contributed by atoms with Crippen LogP contribution in [0.2, 0.25) is 5.02 Å². The first kappa shape index (κ1) is 23.5. The Morgan fingerprint density at radius 1 is 1.12 bits per heavy atom. The quantitative estimate of drug-likeness (QED) is 0.376. The van der Waals surface area contributed by atoms with Crippen molar-refractivity contribution in [2.75, 3.05) is 5.32 Å². The van der Waals surface area contributed by atoms with E-state index in [1.54, 1.807) is 55.5 Å². The fourth-order valence-corrected chi connectivity index (χ4v) is 4.67. The fourth-order valence-electron chi connectivity index (χ4n) is 3.48. The molecule has 4 rings (SSSR count). The monoisotopic (exact) mass is 496 g/mol. The summed E-state index contributed by atoms with van der Waals surface area (Å²) in [5, 5.41) is 3.88. The van der Waals surface area contributed by atoms with Gasteiger partial charge in [0.1, 0.15) is 10.6 Å². The summed E-state index contributed by atoms with van der Waals surface area (Å²) in [6, 6.07) is 13.5. The molecule has 34 heavy (non-hydrogen) atoms. The van der Waals surface area contributed by atoms with Crippen LogP contribution in [0.1, 0.15) is 27.7 Å². The lowest BCUT2D eigenvalue weighted by Gasteiger charge is -2.17. The summed E-state index contributed by atoms with van der Waals surface area (Å²) in [5.74, 6) is -1.10. The van der Waals surface area contributed by atoms with Crippen molar-refractivity contribution in [3.63, 3.8) is 0 Å². The zero-order valence-corrected chi connectivity index (χ0v) is 20.2. The highest BCUT2D eigenvalue weighted by Crippen LogP contribution is 2.34. The molecule has 2 aromatic carbocycles. The number of aryl methyl sites for hydroxylation is 1. The van der Waals surface area contributed by atoms with Crippen molar-refractivity contribution in [1.82, 2.24) is 0 Å². The maximum atomic E-state index is 13.3. The largest absolute Gasteiger partial charge is 0.473 e. The van der Waals surface area contributed by atoms with E-state index in [1.807, 2.05) is 6.92 Å². The Kier molecular flexibility index (Phi) is 6.45. The maximum Gasteiger partial charge on any atom is 0.265 e. The Morgan fingerprint density at radius 2 is 1.79 bits per heavy atom. The Morgan fingerprint density at radius 3 is 2.47 bits per heavy atom. The van der Waals surface area contributed by atoms with Gasteiger partial charge in [-0.25, -0.2) is 0 Å². The van der Waals surface area contributed by atoms with Crippen molar-refractivity contribution >= 4 is 50.7 Å². The lowest BCUT2D eigenvalue weighted by atomic mass is 10.1. The fraction of sp³-hybridized carbons (Fsp3) is 0.160. The van der Waals surface area contributed by atoms with Gasteiger partial charge in [0.15, 0.2) is 11.9 Å². The number of primary amides is 1. The van der Waals surface area contributed by atoms with Crippen LogP contribution in [0.3, 0.4) is 0 Å². The van der Waals surface area contributed by atoms with Crippen LogP contribution in [0, 0.1) is 13.8 Å². The summed E-state index contributed by atoms with van der Waals surface area (Å²) in [7, 11) is 0. The lowest BCUT2D eigenvalue weighted by molar-refractivity contribution is -0.122. The van der Waals surface area contributed by atoms with E-state index in [1.165, 1.54) is 18.3 Å². The van der Waals surface area contributed by atoms with Gasteiger partial charge in [-0.15, -0.1) is 11.3 Å². The molecule has 1 unspecified atom stereocenters. The average Bonchev–Trinajstić information content (AvgIpc) is 3.09. The summed E-state index contributed by atoms with van der Waals surface area (Å²) in [5.41, 5.74) is 7.00. The van der Waals surface area contributed by atoms with Crippen LogP contribution < -0.4 is 21.2 Å². The SMILES string of the molecule is Cc1sc(NC(=O)C(C)Oc2c(-c3ccc(Cl)cc3)oc3ccccc3c2=O)c(C(N)=O)c1C. The van der Waals surface area contributed by atoms with E-state index < -0.39 is 23.3 Å². The minimum absolute atomic E-state index is 0.0997. The molecule has 0 bridgehead atoms. The molecule has 0 fully saturated rings. The second-order valence-corrected chi connectivity index (χ2v) is 9.35. The second kappa shape index (κ2) is 9.32. The van der Waals surface area contributed by atoms with E-state index >= 15 is 0 Å². The number of amides is 2. The van der Waals surface area contributed by atoms with Gasteiger partial charge in [-0.2, -0.15) is 0 Å². The van der Waals surface area contributed by atoms with Gasteiger partial charge in [-0.05, 0) is 62.7 Å². The van der Waals surface area contributed by atoms with Crippen molar-refractivity contribution in [1.29, 1.82) is 0 Å². The number of ether oxygens (including phenoxy) is 1. The molecular weight excluding hydrogens is 476 g/mol. The number of thiophene rings is 1. The number of hydrogen-bond acceptors (Lipinski definition) is 6. The normalized spacial score (nSPS) is 11.9. The summed E-state index contributed by atoms with van der Waals surface area (Å²) >= 11 is 7.25. The molecule has 9 heteroatoms. The Labute approximate surface area is 204 Å². The highest BCUT2D eigenvalue weighted by molar-refractivity contribution is 7.16. The Balaban J connectivity index is 1.72. The van der Waals surface area contributed by atoms with Gasteiger partial charge >= 0.3 is 0 Å². The number of carbonyl (C=O) groups excluding carboxylic acids is 2. The minimum Gasteiger partial charge on any atom is -0.473 e. The highest BCUT2D eigenvalue weighted by atomic mass is 35.5. The molecule has 4 aromatic rings. The number of nitrogens with two attached hydrogens (primary N) is 1. The average molecular weight is 497 g/mol. The van der Waals surface area contributed by atoms with Crippen LogP contribution in [0.25, 0.3) is 22.3 Å². The van der Waals surface area contributed by atoms with Crippen LogP contribution in [0.5, 0.6) is 5.75 Å². The van der Waals surface area contributed by atoms with E-state index in [0.717, 1.165) is 4.88 Å². The molecule has 0 aliphatic rings. The van der Waals surface area contributed by atoms with Gasteiger partial charge in [0.05, 0.1) is 10.9 Å². The van der Waals surface area contributed by atoms with Crippen molar-refractivity contribution < 1.29 is 18.7 Å². The second-order valence-electron chi connectivity index (χ2n) is 7.69. The van der Waals surface area contributed by atoms with Crippen molar-refractivity contribution in [3.05, 3.63) is 79.8 Å². The molecule has 0 radical (unpaired) electrons. The maximum absolute atomic E-state index is 13.3. The molecule has 0 saturated heterocycles. The third-order valence-corrected chi connectivity index (χ3v) is 6.77. The molecule has 2 aromatic heterocycles. The van der Waals surface area contributed by atoms with Crippen molar-refractivity contribution in [2.24, 2.45) is 5.73 Å². The third-order valence-electron chi connectivity index (χ3n) is 5.39. The standard InChI is InChI=1S/C25H21ClN2O5S/c1-12-14(3)34-25(19(12)23(27)30)28-24(31)13(2)32-22-20(29)17-6-4-5-7-18(17)33-21(22)15-8-10-16(26)11-9-15/h4-11,13H,1-3H3,(H2,27,30)(H,28,31). The van der Waals surface area contributed by atoms with Gasteiger partial charge in [0.2, 0.25) is 11.2 Å². The highest BCUT2D eigenvalue weighted by Gasteiger charge is 2.25. The van der Waals surface area contributed by atoms with E-state index in [4.69, 9.17) is 26.5 Å². The van der Waals surface area contributed by atoms with Gasteiger partial charge in [-0.1, -0.05) is 23.7 Å². The van der Waals surface area contributed by atoms with Crippen molar-refractivity contribution in [2.45, 2.75) is 26.9 Å². The molecule has 3 N–H and O–H groups in total. The lowest BCUT2D eigenvalue weighted by Crippen LogP contribution is -2.32. The number of para-hydroxylation sites is 1. The van der Waals surface area contributed by atoms with Crippen molar-refractivity contribution in [3.8, 4) is 17.1 Å². The summed E-state index contributed by atoms with van der Waals surface area (Å²) in [4.78, 5) is 39.0. The first-order chi connectivity index (χ1) is 16.2. The van der Waals surface area contributed by atoms with Crippen LogP contribution >= 0.6 is 22.9 Å². The number of fused-ring (bicyclic) bond motifs is 1. The minimum atomic E-state index is -1.08. The number of hydrogen-bond donors (Lipinski definition) is 2. The van der Waals surface area contributed by atoms with Gasteiger partial charge in [0, 0.05) is 15.5 Å². The number of halogens is 1. The summed E-state index contributed by atoms with van der Waals surface area (Å²) in [6.07, 6.45) is -1.08. The molecule has 2 heterocycles. The zero-order valence-electron chi connectivity index (χ0n) is 18.6. The molecule has 0 aliphatic carbocycles. The van der Waals surface area contributed by atoms with E-state index in [0.29, 0.717) is 32.1 Å². The molecule has 1 atom stereocenters. The predicted octanol–water partition coefficient (Wildman–Crippen LogP) is 5.30. The molecule has 0 aliphatic heterocycles. The first-order valence-corrected chi connectivity index (χ1v) is 11.6. The van der Waals surface area contributed by atoms with Gasteiger partial charge in [0.25, 0.3) is 11.8 Å². The molecule has 0 spiro atoms. The molecule has 7 nitrogen and oxygen atoms in total. The number of anilines is 1. The third kappa shape index (κ3) is 4.42. The summed E-state index contributed by atoms with van der Waals surface area (Å²) in [6.45, 7) is 5.10. The van der Waals surface area contributed by atoms with Crippen LogP contribution in [-0.2, 0) is 4.79 Å². The van der Waals surface area contributed by atoms with E-state index in [2.05, 4.69) is 5.32 Å². The number of benzene rings is 2. The van der Waals surface area contributed by atoms with Crippen LogP contribution in [0.15, 0.2) is 57.7 Å². The topological polar surface area (TPSA) is 112 Å². The van der Waals surface area contributed by atoms with Crippen LogP contribution in [0.4, 0.5) is 5.00 Å². The Bertz CT molecular complexity index is 1470. The van der Waals surface area contributed by atoms with E-state index in [9.17, 15) is 14.4 Å². The van der Waals surface area contributed by atoms with Gasteiger partial charge in [-0.3, -0.25) is 14.4 Å². The smallest absolute Gasteiger partial charge is 0.265 e. The summed E-state index contributed by atoms with van der Waals surface area (Å²) < 4.78 is 11.9. The number of nitrogens with one attached hydrogen (secondary N) is 1. The van der Waals surface area contributed by atoms with E-state index in [-0.39, 0.29) is 17.1 Å². The van der Waals surface area contributed by atoms with Crippen LogP contribution in [-0.4, -0.2) is 17.9 Å². The zero-order chi connectivity index (χ0) is 24.6. The molecular formula is C25H21ClN2O5S.